The lowest BCUT2D eigenvalue weighted by molar-refractivity contribution is -0.140. The number of nitrogens with one attached hydrogen (secondary N) is 1. The predicted molar refractivity (Wildman–Crippen MR) is 149 cm³/mol. The largest absolute Gasteiger partial charge is 0.463 e. The minimum atomic E-state index is -0.399. The molecule has 2 aromatic rings. The van der Waals surface area contributed by atoms with Crippen molar-refractivity contribution in [3.8, 4) is 0 Å². The van der Waals surface area contributed by atoms with E-state index in [1.807, 2.05) is 49.4 Å². The molecular formula is C31H39N3O5. The molecule has 8 nitrogen and oxygen atoms in total. The summed E-state index contributed by atoms with van der Waals surface area (Å²) < 4.78 is 10.8. The molecule has 4 rings (SSSR count). The maximum Gasteiger partial charge on any atom is 0.336 e. The van der Waals surface area contributed by atoms with Gasteiger partial charge in [0.15, 0.2) is 0 Å². The lowest BCUT2D eigenvalue weighted by Crippen LogP contribution is -2.38. The molecule has 2 aliphatic heterocycles. The van der Waals surface area contributed by atoms with Gasteiger partial charge < -0.3 is 19.7 Å². The Morgan fingerprint density at radius 1 is 1.08 bits per heavy atom. The number of nitrogens with zero attached hydrogens (tertiary/aromatic N) is 2. The Morgan fingerprint density at radius 2 is 1.85 bits per heavy atom. The van der Waals surface area contributed by atoms with Crippen LogP contribution in [-0.4, -0.2) is 73.6 Å². The van der Waals surface area contributed by atoms with Crippen molar-refractivity contribution in [2.24, 2.45) is 0 Å². The van der Waals surface area contributed by atoms with Gasteiger partial charge in [0.05, 0.1) is 31.9 Å². The van der Waals surface area contributed by atoms with Crippen LogP contribution in [0.4, 0.5) is 0 Å². The summed E-state index contributed by atoms with van der Waals surface area (Å²) in [5.41, 5.74) is 4.47. The third-order valence-electron chi connectivity index (χ3n) is 7.33. The molecule has 1 N–H and O–H groups in total. The Kier molecular flexibility index (Phi) is 9.90. The molecular weight excluding hydrogens is 494 g/mol. The summed E-state index contributed by atoms with van der Waals surface area (Å²) in [6, 6.07) is 15.2. The van der Waals surface area contributed by atoms with Gasteiger partial charge in [-0.3, -0.25) is 14.5 Å². The summed E-state index contributed by atoms with van der Waals surface area (Å²) in [5, 5.41) is 3.00. The Labute approximate surface area is 231 Å². The summed E-state index contributed by atoms with van der Waals surface area (Å²) in [6.07, 6.45) is 1.05. The Balaban J connectivity index is 1.46. The van der Waals surface area contributed by atoms with Crippen LogP contribution in [0.25, 0.3) is 0 Å². The molecule has 0 spiro atoms. The number of aryl methyl sites for hydroxylation is 1. The second-order valence-electron chi connectivity index (χ2n) is 10.1. The van der Waals surface area contributed by atoms with E-state index in [0.717, 1.165) is 56.0 Å². The zero-order valence-electron chi connectivity index (χ0n) is 23.2. The van der Waals surface area contributed by atoms with Gasteiger partial charge in [-0.2, -0.15) is 0 Å². The minimum absolute atomic E-state index is 0.0648. The highest BCUT2D eigenvalue weighted by Gasteiger charge is 2.37. The molecule has 0 aliphatic carbocycles. The SMILES string of the molecule is CCOC(=O)C1=C(C)N(Cc2cccc(C(=O)NCCCN3CCOCC3)c2)C(=O)CC1c1cccc(C)c1. The fraction of sp³-hybridized carbons (Fsp3) is 0.452. The Hall–Kier alpha value is -3.49. The van der Waals surface area contributed by atoms with Gasteiger partial charge in [0.1, 0.15) is 0 Å². The number of hydrogen-bond donors (Lipinski definition) is 1. The van der Waals surface area contributed by atoms with Crippen molar-refractivity contribution in [1.82, 2.24) is 15.1 Å². The molecule has 0 saturated carbocycles. The average Bonchev–Trinajstić information content (AvgIpc) is 2.93. The van der Waals surface area contributed by atoms with Gasteiger partial charge in [0.25, 0.3) is 5.91 Å². The summed E-state index contributed by atoms with van der Waals surface area (Å²) >= 11 is 0. The van der Waals surface area contributed by atoms with E-state index >= 15 is 0 Å². The number of carbonyl (C=O) groups is 3. The van der Waals surface area contributed by atoms with Gasteiger partial charge in [0, 0.05) is 43.2 Å². The summed E-state index contributed by atoms with van der Waals surface area (Å²) in [4.78, 5) is 43.2. The van der Waals surface area contributed by atoms with Crippen LogP contribution in [-0.2, 0) is 25.6 Å². The molecule has 2 heterocycles. The standard InChI is InChI=1S/C31H39N3O5/c1-4-39-31(37)29-23(3)34(28(35)20-27(29)25-10-5-8-22(2)18-25)21-24-9-6-11-26(19-24)30(36)32-12-7-13-33-14-16-38-17-15-33/h5-6,8-11,18-19,27H,4,7,12-17,20-21H2,1-3H3,(H,32,36). The topological polar surface area (TPSA) is 88.2 Å². The molecule has 0 radical (unpaired) electrons. The number of benzene rings is 2. The van der Waals surface area contributed by atoms with Gasteiger partial charge in [-0.05, 0) is 57.0 Å². The third-order valence-corrected chi connectivity index (χ3v) is 7.33. The number of ether oxygens (including phenoxy) is 2. The third kappa shape index (κ3) is 7.34. The number of amides is 2. The zero-order valence-corrected chi connectivity index (χ0v) is 23.2. The van der Waals surface area contributed by atoms with Crippen molar-refractivity contribution in [2.75, 3.05) is 46.0 Å². The Morgan fingerprint density at radius 3 is 2.59 bits per heavy atom. The van der Waals surface area contributed by atoms with Gasteiger partial charge in [0.2, 0.25) is 5.91 Å². The van der Waals surface area contributed by atoms with Crippen molar-refractivity contribution in [3.63, 3.8) is 0 Å². The van der Waals surface area contributed by atoms with Crippen molar-refractivity contribution < 1.29 is 23.9 Å². The van der Waals surface area contributed by atoms with E-state index in [1.54, 1.807) is 24.8 Å². The smallest absolute Gasteiger partial charge is 0.336 e. The first kappa shape index (κ1) is 28.5. The maximum atomic E-state index is 13.4. The van der Waals surface area contributed by atoms with Crippen LogP contribution in [0.3, 0.4) is 0 Å². The molecule has 1 atom stereocenters. The molecule has 2 aromatic carbocycles. The summed E-state index contributed by atoms with van der Waals surface area (Å²) in [7, 11) is 0. The fourth-order valence-electron chi connectivity index (χ4n) is 5.27. The van der Waals surface area contributed by atoms with Gasteiger partial charge >= 0.3 is 5.97 Å². The fourth-order valence-corrected chi connectivity index (χ4v) is 5.27. The van der Waals surface area contributed by atoms with Gasteiger partial charge in [-0.15, -0.1) is 0 Å². The van der Waals surface area contributed by atoms with Crippen LogP contribution < -0.4 is 5.32 Å². The molecule has 0 aromatic heterocycles. The molecule has 2 amide bonds. The van der Waals surface area contributed by atoms with Crippen molar-refractivity contribution in [3.05, 3.63) is 82.1 Å². The molecule has 1 fully saturated rings. The van der Waals surface area contributed by atoms with E-state index < -0.39 is 5.97 Å². The zero-order chi connectivity index (χ0) is 27.8. The van der Waals surface area contributed by atoms with Gasteiger partial charge in [-0.25, -0.2) is 4.79 Å². The lowest BCUT2D eigenvalue weighted by Gasteiger charge is -2.34. The number of carbonyl (C=O) groups excluding carboxylic acids is 3. The van der Waals surface area contributed by atoms with E-state index in [2.05, 4.69) is 10.2 Å². The van der Waals surface area contributed by atoms with E-state index in [-0.39, 0.29) is 37.3 Å². The highest BCUT2D eigenvalue weighted by Crippen LogP contribution is 2.38. The van der Waals surface area contributed by atoms with E-state index in [4.69, 9.17) is 9.47 Å². The first-order valence-electron chi connectivity index (χ1n) is 13.8. The van der Waals surface area contributed by atoms with E-state index in [9.17, 15) is 14.4 Å². The number of allylic oxidation sites excluding steroid dienone is 1. The van der Waals surface area contributed by atoms with Crippen LogP contribution >= 0.6 is 0 Å². The number of morpholine rings is 1. The van der Waals surface area contributed by atoms with Crippen LogP contribution in [0.1, 0.15) is 59.7 Å². The second kappa shape index (κ2) is 13.5. The van der Waals surface area contributed by atoms with Crippen molar-refractivity contribution in [2.45, 2.75) is 46.1 Å². The number of esters is 1. The van der Waals surface area contributed by atoms with Crippen molar-refractivity contribution in [1.29, 1.82) is 0 Å². The molecule has 0 bridgehead atoms. The predicted octanol–water partition coefficient (Wildman–Crippen LogP) is 3.80. The first-order valence-corrected chi connectivity index (χ1v) is 13.8. The van der Waals surface area contributed by atoms with Crippen molar-refractivity contribution >= 4 is 17.8 Å². The molecule has 208 valence electrons. The molecule has 1 unspecified atom stereocenters. The Bertz CT molecular complexity index is 1220. The second-order valence-corrected chi connectivity index (χ2v) is 10.1. The number of hydrogen-bond acceptors (Lipinski definition) is 6. The van der Waals surface area contributed by atoms with Crippen LogP contribution in [0.5, 0.6) is 0 Å². The van der Waals surface area contributed by atoms with Crippen LogP contribution in [0, 0.1) is 6.92 Å². The molecule has 1 saturated heterocycles. The monoisotopic (exact) mass is 533 g/mol. The summed E-state index contributed by atoms with van der Waals surface area (Å²) in [5.74, 6) is -0.959. The van der Waals surface area contributed by atoms with E-state index in [1.165, 1.54) is 0 Å². The van der Waals surface area contributed by atoms with E-state index in [0.29, 0.717) is 23.4 Å². The highest BCUT2D eigenvalue weighted by atomic mass is 16.5. The number of rotatable bonds is 10. The maximum absolute atomic E-state index is 13.4. The molecule has 39 heavy (non-hydrogen) atoms. The normalized spacial score (nSPS) is 18.3. The highest BCUT2D eigenvalue weighted by molar-refractivity contribution is 5.96. The quantitative estimate of drug-likeness (QED) is 0.369. The molecule has 2 aliphatic rings. The summed E-state index contributed by atoms with van der Waals surface area (Å²) in [6.45, 7) is 11.0. The van der Waals surface area contributed by atoms with Crippen LogP contribution in [0.2, 0.25) is 0 Å². The first-order chi connectivity index (χ1) is 18.9. The minimum Gasteiger partial charge on any atom is -0.463 e. The van der Waals surface area contributed by atoms with Gasteiger partial charge in [-0.1, -0.05) is 42.0 Å². The van der Waals surface area contributed by atoms with Crippen LogP contribution in [0.15, 0.2) is 59.8 Å². The lowest BCUT2D eigenvalue weighted by atomic mass is 9.83. The molecule has 8 heteroatoms. The average molecular weight is 534 g/mol.